The second-order valence-corrected chi connectivity index (χ2v) is 6.63. The zero-order valence-corrected chi connectivity index (χ0v) is 13.6. The molecule has 1 aliphatic carbocycles. The SMILES string of the molecule is C[C@H]1CCc2nc3ccccc3c(C(=O)O[C@@H]3CCOC3=O)c2C1. The summed E-state index contributed by atoms with van der Waals surface area (Å²) in [7, 11) is 0. The van der Waals surface area contributed by atoms with Gasteiger partial charge in [-0.25, -0.2) is 9.59 Å². The minimum atomic E-state index is -0.791. The fraction of sp³-hybridized carbons (Fsp3) is 0.421. The van der Waals surface area contributed by atoms with E-state index in [1.165, 1.54) is 0 Å². The van der Waals surface area contributed by atoms with Crippen LogP contribution in [0.5, 0.6) is 0 Å². The van der Waals surface area contributed by atoms with E-state index in [0.717, 1.165) is 41.4 Å². The number of aryl methyl sites for hydroxylation is 1. The summed E-state index contributed by atoms with van der Waals surface area (Å²) in [5.41, 5.74) is 3.32. The molecule has 5 heteroatoms. The van der Waals surface area contributed by atoms with Crippen molar-refractivity contribution >= 4 is 22.8 Å². The van der Waals surface area contributed by atoms with Crippen molar-refractivity contribution < 1.29 is 19.1 Å². The predicted octanol–water partition coefficient (Wildman–Crippen LogP) is 2.83. The number of benzene rings is 1. The number of fused-ring (bicyclic) bond motifs is 2. The van der Waals surface area contributed by atoms with E-state index in [0.29, 0.717) is 24.5 Å². The Morgan fingerprint density at radius 3 is 2.92 bits per heavy atom. The number of cyclic esters (lactones) is 1. The van der Waals surface area contributed by atoms with Crippen molar-refractivity contribution in [2.45, 2.75) is 38.7 Å². The van der Waals surface area contributed by atoms with Crippen molar-refractivity contribution in [3.05, 3.63) is 41.1 Å². The maximum atomic E-state index is 12.9. The van der Waals surface area contributed by atoms with Crippen LogP contribution < -0.4 is 0 Å². The summed E-state index contributed by atoms with van der Waals surface area (Å²) < 4.78 is 10.4. The lowest BCUT2D eigenvalue weighted by molar-refractivity contribution is -0.145. The molecule has 0 spiro atoms. The standard InChI is InChI=1S/C19H19NO4/c1-11-6-7-15-13(10-11)17(12-4-2-3-5-14(12)20-15)19(22)24-16-8-9-23-18(16)21/h2-5,11,16H,6-10H2,1H3/t11-,16+/m0/s1. The first-order valence-electron chi connectivity index (χ1n) is 8.41. The van der Waals surface area contributed by atoms with Gasteiger partial charge in [0.2, 0.25) is 6.10 Å². The summed E-state index contributed by atoms with van der Waals surface area (Å²) in [4.78, 5) is 29.3. The third-order valence-electron chi connectivity index (χ3n) is 4.85. The van der Waals surface area contributed by atoms with Gasteiger partial charge in [0.1, 0.15) is 0 Å². The molecule has 0 N–H and O–H groups in total. The van der Waals surface area contributed by atoms with Gasteiger partial charge in [-0.3, -0.25) is 4.98 Å². The summed E-state index contributed by atoms with van der Waals surface area (Å²) in [6.45, 7) is 2.49. The van der Waals surface area contributed by atoms with E-state index in [1.807, 2.05) is 24.3 Å². The van der Waals surface area contributed by atoms with Gasteiger partial charge in [-0.2, -0.15) is 0 Å². The van der Waals surface area contributed by atoms with Crippen LogP contribution in [-0.4, -0.2) is 29.6 Å². The minimum absolute atomic E-state index is 0.309. The Bertz CT molecular complexity index is 829. The van der Waals surface area contributed by atoms with Crippen LogP contribution in [0.15, 0.2) is 24.3 Å². The molecule has 1 fully saturated rings. The van der Waals surface area contributed by atoms with Crippen molar-refractivity contribution in [2.24, 2.45) is 5.92 Å². The van der Waals surface area contributed by atoms with E-state index < -0.39 is 18.0 Å². The van der Waals surface area contributed by atoms with Gasteiger partial charge in [0.15, 0.2) is 0 Å². The molecular weight excluding hydrogens is 306 g/mol. The van der Waals surface area contributed by atoms with Gasteiger partial charge in [0.05, 0.1) is 17.7 Å². The van der Waals surface area contributed by atoms with E-state index in [-0.39, 0.29) is 0 Å². The molecule has 2 heterocycles. The highest BCUT2D eigenvalue weighted by molar-refractivity contribution is 6.05. The Kier molecular flexibility index (Phi) is 3.71. The van der Waals surface area contributed by atoms with E-state index in [4.69, 9.17) is 14.5 Å². The zero-order chi connectivity index (χ0) is 16.7. The van der Waals surface area contributed by atoms with Crippen molar-refractivity contribution in [3.63, 3.8) is 0 Å². The molecule has 5 nitrogen and oxygen atoms in total. The summed E-state index contributed by atoms with van der Waals surface area (Å²) >= 11 is 0. The van der Waals surface area contributed by atoms with Crippen molar-refractivity contribution in [1.29, 1.82) is 0 Å². The van der Waals surface area contributed by atoms with Crippen LogP contribution in [0.25, 0.3) is 10.9 Å². The van der Waals surface area contributed by atoms with Crippen LogP contribution in [0.3, 0.4) is 0 Å². The van der Waals surface area contributed by atoms with E-state index in [2.05, 4.69) is 6.92 Å². The molecule has 2 atom stereocenters. The van der Waals surface area contributed by atoms with Gasteiger partial charge in [-0.05, 0) is 36.8 Å². The van der Waals surface area contributed by atoms with Gasteiger partial charge in [-0.15, -0.1) is 0 Å². The second-order valence-electron chi connectivity index (χ2n) is 6.63. The first-order chi connectivity index (χ1) is 11.6. The third kappa shape index (κ3) is 2.54. The molecule has 2 aliphatic rings. The lowest BCUT2D eigenvalue weighted by atomic mass is 9.84. The number of carbonyl (C=O) groups excluding carboxylic acids is 2. The van der Waals surface area contributed by atoms with Crippen LogP contribution in [0.1, 0.15) is 41.4 Å². The molecule has 4 rings (SSSR count). The number of ether oxygens (including phenoxy) is 2. The molecule has 1 aliphatic heterocycles. The van der Waals surface area contributed by atoms with Gasteiger partial charge in [0.25, 0.3) is 0 Å². The maximum absolute atomic E-state index is 12.9. The van der Waals surface area contributed by atoms with E-state index in [1.54, 1.807) is 0 Å². The van der Waals surface area contributed by atoms with Crippen LogP contribution in [0, 0.1) is 5.92 Å². The topological polar surface area (TPSA) is 65.5 Å². The number of para-hydroxylation sites is 1. The first kappa shape index (κ1) is 15.1. The number of esters is 2. The van der Waals surface area contributed by atoms with Crippen molar-refractivity contribution in [1.82, 2.24) is 4.98 Å². The van der Waals surface area contributed by atoms with Crippen LogP contribution >= 0.6 is 0 Å². The molecule has 1 aromatic carbocycles. The summed E-state index contributed by atoms with van der Waals surface area (Å²) in [5, 5.41) is 0.793. The minimum Gasteiger partial charge on any atom is -0.463 e. The lowest BCUT2D eigenvalue weighted by Gasteiger charge is -2.24. The maximum Gasteiger partial charge on any atom is 0.347 e. The first-order valence-corrected chi connectivity index (χ1v) is 8.41. The molecule has 0 unspecified atom stereocenters. The van der Waals surface area contributed by atoms with Crippen molar-refractivity contribution in [2.75, 3.05) is 6.61 Å². The summed E-state index contributed by atoms with van der Waals surface area (Å²) in [6.07, 6.45) is 2.38. The molecule has 0 bridgehead atoms. The highest BCUT2D eigenvalue weighted by Gasteiger charge is 2.33. The number of pyridine rings is 1. The second kappa shape index (κ2) is 5.89. The largest absolute Gasteiger partial charge is 0.463 e. The van der Waals surface area contributed by atoms with Crippen LogP contribution in [0.2, 0.25) is 0 Å². The van der Waals surface area contributed by atoms with E-state index in [9.17, 15) is 9.59 Å². The fourth-order valence-corrected chi connectivity index (χ4v) is 3.57. The van der Waals surface area contributed by atoms with Crippen LogP contribution in [-0.2, 0) is 27.1 Å². The molecule has 1 aromatic heterocycles. The summed E-state index contributed by atoms with van der Waals surface area (Å²) in [6, 6.07) is 7.61. The number of rotatable bonds is 2. The molecule has 0 amide bonds. The number of nitrogens with zero attached hydrogens (tertiary/aromatic N) is 1. The predicted molar refractivity (Wildman–Crippen MR) is 87.7 cm³/mol. The molecular formula is C19H19NO4. The van der Waals surface area contributed by atoms with Gasteiger partial charge in [-0.1, -0.05) is 25.1 Å². The Hall–Kier alpha value is -2.43. The quantitative estimate of drug-likeness (QED) is 0.794. The molecule has 0 saturated carbocycles. The van der Waals surface area contributed by atoms with Crippen LogP contribution in [0.4, 0.5) is 0 Å². The Morgan fingerprint density at radius 1 is 1.29 bits per heavy atom. The lowest BCUT2D eigenvalue weighted by Crippen LogP contribution is -2.25. The third-order valence-corrected chi connectivity index (χ3v) is 4.85. The molecule has 24 heavy (non-hydrogen) atoms. The van der Waals surface area contributed by atoms with Gasteiger partial charge < -0.3 is 9.47 Å². The molecule has 2 aromatic rings. The Labute approximate surface area is 140 Å². The van der Waals surface area contributed by atoms with E-state index >= 15 is 0 Å². The highest BCUT2D eigenvalue weighted by atomic mass is 16.6. The molecule has 0 radical (unpaired) electrons. The Morgan fingerprint density at radius 2 is 2.12 bits per heavy atom. The number of hydrogen-bond donors (Lipinski definition) is 0. The number of hydrogen-bond acceptors (Lipinski definition) is 5. The Balaban J connectivity index is 1.81. The average Bonchev–Trinajstić information content (AvgIpc) is 2.97. The molecule has 124 valence electrons. The normalized spacial score (nSPS) is 23.0. The number of aromatic nitrogens is 1. The summed E-state index contributed by atoms with van der Waals surface area (Å²) in [5.74, 6) is -0.393. The average molecular weight is 325 g/mol. The number of carbonyl (C=O) groups is 2. The van der Waals surface area contributed by atoms with Gasteiger partial charge >= 0.3 is 11.9 Å². The highest BCUT2D eigenvalue weighted by Crippen LogP contribution is 2.32. The molecule has 1 saturated heterocycles. The smallest absolute Gasteiger partial charge is 0.347 e. The zero-order valence-electron chi connectivity index (χ0n) is 13.6. The van der Waals surface area contributed by atoms with Crippen molar-refractivity contribution in [3.8, 4) is 0 Å². The fourth-order valence-electron chi connectivity index (χ4n) is 3.57. The monoisotopic (exact) mass is 325 g/mol. The van der Waals surface area contributed by atoms with Gasteiger partial charge in [0, 0.05) is 17.5 Å².